The largest absolute Gasteiger partial charge is 0.493 e. The molecule has 1 atom stereocenters. The molecule has 2 aromatic carbocycles. The van der Waals surface area contributed by atoms with Crippen LogP contribution in [0.15, 0.2) is 60.8 Å². The van der Waals surface area contributed by atoms with Gasteiger partial charge >= 0.3 is 0 Å². The standard InChI is InChI=1S/C23H25N3O3/c1-4-29-20-12-8-6-10-18(20)22(27)26-21(15(2)3)23(28)25-17-13-16-9-5-7-11-19(16)24-14-17/h5-15,21H,4H2,1-3H3,(H,25,28)(H,26,27). The van der Waals surface area contributed by atoms with E-state index in [0.29, 0.717) is 23.6 Å². The van der Waals surface area contributed by atoms with E-state index in [1.54, 1.807) is 30.5 Å². The van der Waals surface area contributed by atoms with Gasteiger partial charge < -0.3 is 15.4 Å². The van der Waals surface area contributed by atoms with Gasteiger partial charge in [0.25, 0.3) is 5.91 Å². The van der Waals surface area contributed by atoms with Crippen LogP contribution in [0.4, 0.5) is 5.69 Å². The van der Waals surface area contributed by atoms with Crippen LogP contribution >= 0.6 is 0 Å². The quantitative estimate of drug-likeness (QED) is 0.637. The van der Waals surface area contributed by atoms with E-state index in [9.17, 15) is 9.59 Å². The highest BCUT2D eigenvalue weighted by atomic mass is 16.5. The average molecular weight is 391 g/mol. The summed E-state index contributed by atoms with van der Waals surface area (Å²) in [4.78, 5) is 30.0. The van der Waals surface area contributed by atoms with Crippen LogP contribution in [0.25, 0.3) is 10.9 Å². The molecule has 6 heteroatoms. The number of fused-ring (bicyclic) bond motifs is 1. The summed E-state index contributed by atoms with van der Waals surface area (Å²) in [5, 5.41) is 6.63. The molecule has 6 nitrogen and oxygen atoms in total. The Morgan fingerprint density at radius 3 is 2.55 bits per heavy atom. The summed E-state index contributed by atoms with van der Waals surface area (Å²) in [6, 6.07) is 15.8. The van der Waals surface area contributed by atoms with E-state index >= 15 is 0 Å². The Hall–Kier alpha value is -3.41. The molecule has 1 unspecified atom stereocenters. The predicted molar refractivity (Wildman–Crippen MR) is 114 cm³/mol. The fourth-order valence-electron chi connectivity index (χ4n) is 3.05. The summed E-state index contributed by atoms with van der Waals surface area (Å²) in [5.74, 6) is -0.250. The van der Waals surface area contributed by atoms with E-state index in [2.05, 4.69) is 15.6 Å². The van der Waals surface area contributed by atoms with Crippen molar-refractivity contribution in [1.29, 1.82) is 0 Å². The Labute approximate surface area is 170 Å². The number of rotatable bonds is 7. The molecule has 0 aliphatic carbocycles. The molecular formula is C23H25N3O3. The smallest absolute Gasteiger partial charge is 0.255 e. The number of benzene rings is 2. The van der Waals surface area contributed by atoms with Gasteiger partial charge in [-0.3, -0.25) is 14.6 Å². The Morgan fingerprint density at radius 1 is 1.07 bits per heavy atom. The Kier molecular flexibility index (Phi) is 6.44. The lowest BCUT2D eigenvalue weighted by atomic mass is 10.0. The summed E-state index contributed by atoms with van der Waals surface area (Å²) in [6.07, 6.45) is 1.61. The van der Waals surface area contributed by atoms with Crippen LogP contribution in [0.1, 0.15) is 31.1 Å². The lowest BCUT2D eigenvalue weighted by Gasteiger charge is -2.22. The summed E-state index contributed by atoms with van der Waals surface area (Å²) in [6.45, 7) is 6.08. The van der Waals surface area contributed by atoms with Crippen molar-refractivity contribution in [2.75, 3.05) is 11.9 Å². The first-order valence-corrected chi connectivity index (χ1v) is 9.68. The zero-order chi connectivity index (χ0) is 20.8. The van der Waals surface area contributed by atoms with Crippen LogP contribution in [0.2, 0.25) is 0 Å². The zero-order valence-electron chi connectivity index (χ0n) is 16.8. The molecule has 1 aromatic heterocycles. The first-order valence-electron chi connectivity index (χ1n) is 9.68. The lowest BCUT2D eigenvalue weighted by Crippen LogP contribution is -2.47. The molecule has 3 aromatic rings. The number of nitrogens with one attached hydrogen (secondary N) is 2. The van der Waals surface area contributed by atoms with E-state index in [1.807, 2.05) is 51.1 Å². The van der Waals surface area contributed by atoms with E-state index in [-0.39, 0.29) is 17.7 Å². The number of pyridine rings is 1. The van der Waals surface area contributed by atoms with Crippen molar-refractivity contribution in [2.24, 2.45) is 5.92 Å². The molecule has 150 valence electrons. The molecule has 0 radical (unpaired) electrons. The number of hydrogen-bond donors (Lipinski definition) is 2. The Morgan fingerprint density at radius 2 is 1.79 bits per heavy atom. The van der Waals surface area contributed by atoms with Gasteiger partial charge in [0.1, 0.15) is 11.8 Å². The highest BCUT2D eigenvalue weighted by molar-refractivity contribution is 6.03. The van der Waals surface area contributed by atoms with Gasteiger partial charge in [0.15, 0.2) is 0 Å². The van der Waals surface area contributed by atoms with Crippen LogP contribution in [0.3, 0.4) is 0 Å². The molecule has 2 amide bonds. The normalized spacial score (nSPS) is 11.9. The molecule has 2 N–H and O–H groups in total. The molecule has 0 fully saturated rings. The molecule has 0 saturated heterocycles. The van der Waals surface area contributed by atoms with Gasteiger partial charge in [0, 0.05) is 5.39 Å². The maximum absolute atomic E-state index is 12.9. The minimum Gasteiger partial charge on any atom is -0.493 e. The van der Waals surface area contributed by atoms with E-state index in [0.717, 1.165) is 10.9 Å². The molecule has 0 aliphatic rings. The molecule has 3 rings (SSSR count). The van der Waals surface area contributed by atoms with Crippen LogP contribution in [0, 0.1) is 5.92 Å². The summed E-state index contributed by atoms with van der Waals surface area (Å²) in [5.41, 5.74) is 1.84. The molecule has 0 aliphatic heterocycles. The van der Waals surface area contributed by atoms with Crippen molar-refractivity contribution in [1.82, 2.24) is 10.3 Å². The highest BCUT2D eigenvalue weighted by Crippen LogP contribution is 2.20. The monoisotopic (exact) mass is 391 g/mol. The first kappa shape index (κ1) is 20.3. The number of carbonyl (C=O) groups is 2. The minimum atomic E-state index is -0.705. The number of aromatic nitrogens is 1. The molecule has 29 heavy (non-hydrogen) atoms. The SMILES string of the molecule is CCOc1ccccc1C(=O)NC(C(=O)Nc1cnc2ccccc2c1)C(C)C. The zero-order valence-corrected chi connectivity index (χ0v) is 16.8. The second-order valence-electron chi connectivity index (χ2n) is 7.03. The van der Waals surface area contributed by atoms with Crippen molar-refractivity contribution in [3.63, 3.8) is 0 Å². The number of carbonyl (C=O) groups excluding carboxylic acids is 2. The van der Waals surface area contributed by atoms with Gasteiger partial charge in [-0.1, -0.05) is 44.2 Å². The summed E-state index contributed by atoms with van der Waals surface area (Å²) < 4.78 is 5.53. The number of nitrogens with zero attached hydrogens (tertiary/aromatic N) is 1. The van der Waals surface area contributed by atoms with Crippen LogP contribution in [-0.2, 0) is 4.79 Å². The third-order valence-electron chi connectivity index (χ3n) is 4.53. The Bertz CT molecular complexity index is 1020. The average Bonchev–Trinajstić information content (AvgIpc) is 2.72. The van der Waals surface area contributed by atoms with E-state index in [4.69, 9.17) is 4.74 Å². The summed E-state index contributed by atoms with van der Waals surface area (Å²) in [7, 11) is 0. The van der Waals surface area contributed by atoms with Crippen molar-refractivity contribution in [3.05, 3.63) is 66.4 Å². The van der Waals surface area contributed by atoms with Crippen molar-refractivity contribution < 1.29 is 14.3 Å². The molecular weight excluding hydrogens is 366 g/mol. The third-order valence-corrected chi connectivity index (χ3v) is 4.53. The predicted octanol–water partition coefficient (Wildman–Crippen LogP) is 4.03. The van der Waals surface area contributed by atoms with Gasteiger partial charge in [0.05, 0.1) is 29.6 Å². The van der Waals surface area contributed by atoms with Crippen molar-refractivity contribution in [2.45, 2.75) is 26.8 Å². The number of ether oxygens (including phenoxy) is 1. The Balaban J connectivity index is 1.76. The second-order valence-corrected chi connectivity index (χ2v) is 7.03. The highest BCUT2D eigenvalue weighted by Gasteiger charge is 2.26. The van der Waals surface area contributed by atoms with Gasteiger partial charge in [-0.15, -0.1) is 0 Å². The molecule has 1 heterocycles. The number of para-hydroxylation sites is 2. The lowest BCUT2D eigenvalue weighted by molar-refractivity contribution is -0.118. The van der Waals surface area contributed by atoms with Crippen molar-refractivity contribution in [3.8, 4) is 5.75 Å². The fraction of sp³-hybridized carbons (Fsp3) is 0.261. The maximum Gasteiger partial charge on any atom is 0.255 e. The summed E-state index contributed by atoms with van der Waals surface area (Å²) >= 11 is 0. The van der Waals surface area contributed by atoms with E-state index < -0.39 is 6.04 Å². The van der Waals surface area contributed by atoms with Gasteiger partial charge in [0.2, 0.25) is 5.91 Å². The van der Waals surface area contributed by atoms with Gasteiger partial charge in [-0.25, -0.2) is 0 Å². The second kappa shape index (κ2) is 9.19. The molecule has 0 saturated carbocycles. The fourth-order valence-corrected chi connectivity index (χ4v) is 3.05. The van der Waals surface area contributed by atoms with Crippen LogP contribution in [0.5, 0.6) is 5.75 Å². The van der Waals surface area contributed by atoms with Crippen LogP contribution in [-0.4, -0.2) is 29.4 Å². The molecule has 0 spiro atoms. The number of hydrogen-bond acceptors (Lipinski definition) is 4. The first-order chi connectivity index (χ1) is 14.0. The van der Waals surface area contributed by atoms with Gasteiger partial charge in [-0.2, -0.15) is 0 Å². The topological polar surface area (TPSA) is 80.3 Å². The molecule has 0 bridgehead atoms. The minimum absolute atomic E-state index is 0.105. The van der Waals surface area contributed by atoms with E-state index in [1.165, 1.54) is 0 Å². The number of amides is 2. The number of anilines is 1. The maximum atomic E-state index is 12.9. The van der Waals surface area contributed by atoms with Crippen molar-refractivity contribution >= 4 is 28.4 Å². The van der Waals surface area contributed by atoms with Crippen LogP contribution < -0.4 is 15.4 Å². The third kappa shape index (κ3) is 4.90. The van der Waals surface area contributed by atoms with Gasteiger partial charge in [-0.05, 0) is 37.1 Å².